The van der Waals surface area contributed by atoms with Crippen molar-refractivity contribution in [2.75, 3.05) is 0 Å². The molecule has 2 aromatic rings. The Morgan fingerprint density at radius 2 is 1.78 bits per heavy atom. The summed E-state index contributed by atoms with van der Waals surface area (Å²) < 4.78 is 55.3. The van der Waals surface area contributed by atoms with Gasteiger partial charge in [-0.2, -0.15) is 13.2 Å². The molecule has 1 N–H and O–H groups in total. The van der Waals surface area contributed by atoms with Gasteiger partial charge < -0.3 is 9.63 Å². The number of hydrogen-bond acceptors (Lipinski definition) is 3. The van der Waals surface area contributed by atoms with Crippen LogP contribution >= 0.6 is 0 Å². The average molecular weight is 261 g/mol. The molecule has 0 saturated heterocycles. The number of halogens is 4. The number of benzene rings is 1. The highest BCUT2D eigenvalue weighted by molar-refractivity contribution is 5.64. The van der Waals surface area contributed by atoms with E-state index in [4.69, 9.17) is 5.11 Å². The lowest BCUT2D eigenvalue weighted by Gasteiger charge is -2.08. The first-order valence-electron chi connectivity index (χ1n) is 4.85. The van der Waals surface area contributed by atoms with Gasteiger partial charge in [0.1, 0.15) is 11.3 Å². The van der Waals surface area contributed by atoms with Crippen LogP contribution in [0.25, 0.3) is 11.3 Å². The lowest BCUT2D eigenvalue weighted by atomic mass is 10.1. The van der Waals surface area contributed by atoms with Crippen LogP contribution in [0.3, 0.4) is 0 Å². The predicted octanol–water partition coefficient (Wildman–Crippen LogP) is 3.32. The standard InChI is InChI=1S/C11H7F4NO2/c12-10(17)9-7(11(13,14)15)8(16-18-9)6-4-2-1-3-5-6/h1-5,10,17H. The first-order chi connectivity index (χ1) is 8.41. The summed E-state index contributed by atoms with van der Waals surface area (Å²) in [6, 6.07) is 7.39. The van der Waals surface area contributed by atoms with Crippen LogP contribution in [0.4, 0.5) is 17.6 Å². The van der Waals surface area contributed by atoms with Gasteiger partial charge in [-0.1, -0.05) is 35.5 Å². The van der Waals surface area contributed by atoms with Crippen molar-refractivity contribution in [3.63, 3.8) is 0 Å². The maximum Gasteiger partial charge on any atom is 0.422 e. The molecule has 1 aromatic heterocycles. The van der Waals surface area contributed by atoms with Gasteiger partial charge in [0.25, 0.3) is 6.36 Å². The minimum Gasteiger partial charge on any atom is -0.358 e. The second-order valence-corrected chi connectivity index (χ2v) is 3.47. The molecule has 96 valence electrons. The normalized spacial score (nSPS) is 13.6. The van der Waals surface area contributed by atoms with Gasteiger partial charge in [-0.15, -0.1) is 0 Å². The molecule has 0 aliphatic heterocycles. The van der Waals surface area contributed by atoms with Crippen LogP contribution in [-0.4, -0.2) is 10.3 Å². The molecule has 1 heterocycles. The summed E-state index contributed by atoms with van der Waals surface area (Å²) in [6.07, 6.45) is -7.74. The molecule has 2 rings (SSSR count). The molecule has 0 saturated carbocycles. The Labute approximate surface area is 98.6 Å². The lowest BCUT2D eigenvalue weighted by Crippen LogP contribution is -2.09. The van der Waals surface area contributed by atoms with Crippen LogP contribution in [-0.2, 0) is 6.18 Å². The molecule has 1 unspecified atom stereocenters. The number of aliphatic hydroxyl groups is 1. The van der Waals surface area contributed by atoms with Crippen molar-refractivity contribution in [1.29, 1.82) is 0 Å². The second kappa shape index (κ2) is 4.41. The number of aromatic nitrogens is 1. The topological polar surface area (TPSA) is 46.3 Å². The number of rotatable bonds is 2. The molecule has 0 aliphatic rings. The minimum atomic E-state index is -4.87. The van der Waals surface area contributed by atoms with E-state index in [0.29, 0.717) is 0 Å². The van der Waals surface area contributed by atoms with Crippen LogP contribution in [0.5, 0.6) is 0 Å². The third-order valence-corrected chi connectivity index (χ3v) is 2.27. The molecule has 7 heteroatoms. The van der Waals surface area contributed by atoms with Crippen LogP contribution in [0, 0.1) is 0 Å². The smallest absolute Gasteiger partial charge is 0.358 e. The van der Waals surface area contributed by atoms with Gasteiger partial charge in [-0.05, 0) is 0 Å². The summed E-state index contributed by atoms with van der Waals surface area (Å²) in [5, 5.41) is 11.8. The fourth-order valence-electron chi connectivity index (χ4n) is 1.53. The van der Waals surface area contributed by atoms with Gasteiger partial charge in [0.15, 0.2) is 0 Å². The fourth-order valence-corrected chi connectivity index (χ4v) is 1.53. The zero-order valence-electron chi connectivity index (χ0n) is 8.78. The van der Waals surface area contributed by atoms with Gasteiger partial charge in [-0.25, -0.2) is 4.39 Å². The van der Waals surface area contributed by atoms with Gasteiger partial charge in [-0.3, -0.25) is 0 Å². The van der Waals surface area contributed by atoms with Crippen LogP contribution in [0.2, 0.25) is 0 Å². The van der Waals surface area contributed by atoms with E-state index in [2.05, 4.69) is 9.68 Å². The molecule has 0 fully saturated rings. The Morgan fingerprint density at radius 3 is 2.28 bits per heavy atom. The van der Waals surface area contributed by atoms with Crippen molar-refractivity contribution in [1.82, 2.24) is 5.16 Å². The highest BCUT2D eigenvalue weighted by atomic mass is 19.4. The van der Waals surface area contributed by atoms with E-state index in [1.165, 1.54) is 24.3 Å². The van der Waals surface area contributed by atoms with Crippen molar-refractivity contribution in [3.8, 4) is 11.3 Å². The van der Waals surface area contributed by atoms with Crippen LogP contribution in [0.1, 0.15) is 17.7 Å². The quantitative estimate of drug-likeness (QED) is 0.843. The summed E-state index contributed by atoms with van der Waals surface area (Å²) in [5.41, 5.74) is -1.82. The fraction of sp³-hybridized carbons (Fsp3) is 0.182. The van der Waals surface area contributed by atoms with E-state index in [9.17, 15) is 17.6 Å². The molecule has 0 bridgehead atoms. The predicted molar refractivity (Wildman–Crippen MR) is 53.0 cm³/mol. The van der Waals surface area contributed by atoms with E-state index in [1.807, 2.05) is 0 Å². The Balaban J connectivity index is 2.63. The third kappa shape index (κ3) is 2.21. The zero-order valence-corrected chi connectivity index (χ0v) is 8.78. The summed E-state index contributed by atoms with van der Waals surface area (Å²) >= 11 is 0. The van der Waals surface area contributed by atoms with Crippen molar-refractivity contribution in [3.05, 3.63) is 41.7 Å². The number of nitrogens with zero attached hydrogens (tertiary/aromatic N) is 1. The average Bonchev–Trinajstić information content (AvgIpc) is 2.74. The van der Waals surface area contributed by atoms with E-state index in [1.54, 1.807) is 6.07 Å². The molecule has 1 atom stereocenters. The van der Waals surface area contributed by atoms with Gasteiger partial charge in [0.05, 0.1) is 0 Å². The number of aliphatic hydroxyl groups excluding tert-OH is 1. The van der Waals surface area contributed by atoms with Crippen LogP contribution in [0.15, 0.2) is 34.9 Å². The van der Waals surface area contributed by atoms with E-state index < -0.39 is 29.6 Å². The molecule has 18 heavy (non-hydrogen) atoms. The van der Waals surface area contributed by atoms with Crippen molar-refractivity contribution >= 4 is 0 Å². The lowest BCUT2D eigenvalue weighted by molar-refractivity contribution is -0.141. The molecule has 0 amide bonds. The SMILES string of the molecule is OC(F)c1onc(-c2ccccc2)c1C(F)(F)F. The van der Waals surface area contributed by atoms with Crippen molar-refractivity contribution in [2.24, 2.45) is 0 Å². The van der Waals surface area contributed by atoms with E-state index in [0.717, 1.165) is 0 Å². The maximum atomic E-state index is 12.8. The summed E-state index contributed by atoms with van der Waals surface area (Å²) in [6.45, 7) is 0. The summed E-state index contributed by atoms with van der Waals surface area (Å²) in [5.74, 6) is -1.23. The Hall–Kier alpha value is -1.89. The van der Waals surface area contributed by atoms with Gasteiger partial charge in [0, 0.05) is 5.56 Å². The number of alkyl halides is 4. The van der Waals surface area contributed by atoms with Gasteiger partial charge >= 0.3 is 6.18 Å². The molecule has 0 radical (unpaired) electrons. The van der Waals surface area contributed by atoms with Gasteiger partial charge in [0.2, 0.25) is 5.76 Å². The monoisotopic (exact) mass is 261 g/mol. The van der Waals surface area contributed by atoms with E-state index in [-0.39, 0.29) is 5.56 Å². The van der Waals surface area contributed by atoms with E-state index >= 15 is 0 Å². The largest absolute Gasteiger partial charge is 0.422 e. The van der Waals surface area contributed by atoms with Crippen molar-refractivity contribution in [2.45, 2.75) is 12.5 Å². The summed E-state index contributed by atoms with van der Waals surface area (Å²) in [4.78, 5) is 0. The molecule has 3 nitrogen and oxygen atoms in total. The third-order valence-electron chi connectivity index (χ3n) is 2.27. The molecule has 1 aromatic carbocycles. The summed E-state index contributed by atoms with van der Waals surface area (Å²) in [7, 11) is 0. The molecule has 0 aliphatic carbocycles. The molecule has 0 spiro atoms. The molecular weight excluding hydrogens is 254 g/mol. The Bertz CT molecular complexity index is 534. The Morgan fingerprint density at radius 1 is 1.17 bits per heavy atom. The maximum absolute atomic E-state index is 12.8. The van der Waals surface area contributed by atoms with Crippen molar-refractivity contribution < 1.29 is 27.2 Å². The number of hydrogen-bond donors (Lipinski definition) is 1. The first kappa shape index (κ1) is 12.6. The molecular formula is C11H7F4NO2. The Kier molecular flexibility index (Phi) is 3.08. The highest BCUT2D eigenvalue weighted by Crippen LogP contribution is 2.41. The zero-order chi connectivity index (χ0) is 13.3. The van der Waals surface area contributed by atoms with Crippen LogP contribution < -0.4 is 0 Å². The highest BCUT2D eigenvalue weighted by Gasteiger charge is 2.42. The first-order valence-corrected chi connectivity index (χ1v) is 4.85. The minimum absolute atomic E-state index is 0.125. The second-order valence-electron chi connectivity index (χ2n) is 3.47.